The van der Waals surface area contributed by atoms with Crippen LogP contribution < -0.4 is 0 Å². The molecule has 1 unspecified atom stereocenters. The predicted molar refractivity (Wildman–Crippen MR) is 107 cm³/mol. The molecule has 1 aliphatic rings. The van der Waals surface area contributed by atoms with Crippen molar-refractivity contribution in [3.05, 3.63) is 107 Å². The van der Waals surface area contributed by atoms with Crippen LogP contribution in [0.1, 0.15) is 22.3 Å². The van der Waals surface area contributed by atoms with Crippen LogP contribution in [-0.4, -0.2) is 17.4 Å². The Hall–Kier alpha value is -3.33. The van der Waals surface area contributed by atoms with Gasteiger partial charge in [-0.05, 0) is 18.1 Å². The van der Waals surface area contributed by atoms with Crippen LogP contribution in [0.4, 0.5) is 0 Å². The number of hydrogen-bond donors (Lipinski definition) is 0. The SMILES string of the molecule is Cc1ccccc1C1=C(c2ccccc2)OC(C=O)N1Cc1ccccc1. The molecule has 0 aromatic heterocycles. The van der Waals surface area contributed by atoms with E-state index in [4.69, 9.17) is 4.74 Å². The molecule has 3 heteroatoms. The molecule has 0 saturated carbocycles. The molecule has 3 aromatic rings. The topological polar surface area (TPSA) is 29.5 Å². The van der Waals surface area contributed by atoms with Crippen molar-refractivity contribution in [2.24, 2.45) is 0 Å². The summed E-state index contributed by atoms with van der Waals surface area (Å²) in [5.41, 5.74) is 5.29. The Morgan fingerprint density at radius 3 is 2.19 bits per heavy atom. The molecular formula is C24H21NO2. The van der Waals surface area contributed by atoms with Gasteiger partial charge >= 0.3 is 0 Å². The molecule has 1 aliphatic heterocycles. The lowest BCUT2D eigenvalue weighted by molar-refractivity contribution is -0.119. The monoisotopic (exact) mass is 355 g/mol. The summed E-state index contributed by atoms with van der Waals surface area (Å²) in [4.78, 5) is 13.9. The van der Waals surface area contributed by atoms with Gasteiger partial charge in [0.1, 0.15) is 0 Å². The van der Waals surface area contributed by atoms with Crippen molar-refractivity contribution in [3.8, 4) is 0 Å². The number of carbonyl (C=O) groups excluding carboxylic acids is 1. The average Bonchev–Trinajstić information content (AvgIpc) is 3.08. The summed E-state index contributed by atoms with van der Waals surface area (Å²) in [6, 6.07) is 28.3. The summed E-state index contributed by atoms with van der Waals surface area (Å²) in [5.74, 6) is 0.748. The van der Waals surface area contributed by atoms with E-state index in [-0.39, 0.29) is 0 Å². The molecule has 0 bridgehead atoms. The van der Waals surface area contributed by atoms with Gasteiger partial charge in [-0.15, -0.1) is 0 Å². The van der Waals surface area contributed by atoms with Gasteiger partial charge in [-0.25, -0.2) is 0 Å². The molecule has 0 aliphatic carbocycles. The van der Waals surface area contributed by atoms with Crippen LogP contribution >= 0.6 is 0 Å². The number of aldehydes is 1. The Morgan fingerprint density at radius 1 is 0.889 bits per heavy atom. The number of hydrogen-bond acceptors (Lipinski definition) is 3. The fourth-order valence-corrected chi connectivity index (χ4v) is 3.46. The van der Waals surface area contributed by atoms with E-state index in [9.17, 15) is 4.79 Å². The van der Waals surface area contributed by atoms with Crippen LogP contribution in [0, 0.1) is 6.92 Å². The summed E-state index contributed by atoms with van der Waals surface area (Å²) >= 11 is 0. The summed E-state index contributed by atoms with van der Waals surface area (Å²) in [6.07, 6.45) is 0.229. The van der Waals surface area contributed by atoms with Crippen LogP contribution in [0.25, 0.3) is 11.5 Å². The van der Waals surface area contributed by atoms with Crippen molar-refractivity contribution < 1.29 is 9.53 Å². The third-order valence-electron chi connectivity index (χ3n) is 4.80. The number of nitrogens with zero attached hydrogens (tertiary/aromatic N) is 1. The molecule has 1 heterocycles. The molecule has 1 atom stereocenters. The summed E-state index contributed by atoms with van der Waals surface area (Å²) in [7, 11) is 0. The molecule has 0 amide bonds. The lowest BCUT2D eigenvalue weighted by atomic mass is 10.0. The minimum atomic E-state index is -0.644. The van der Waals surface area contributed by atoms with E-state index in [2.05, 4.69) is 31.2 Å². The highest BCUT2D eigenvalue weighted by Gasteiger charge is 2.35. The zero-order valence-corrected chi connectivity index (χ0v) is 15.2. The molecule has 4 rings (SSSR count). The van der Waals surface area contributed by atoms with E-state index in [1.54, 1.807) is 0 Å². The quantitative estimate of drug-likeness (QED) is 0.611. The third kappa shape index (κ3) is 3.36. The van der Waals surface area contributed by atoms with Crippen LogP contribution in [0.5, 0.6) is 0 Å². The maximum atomic E-state index is 11.9. The first kappa shape index (κ1) is 17.1. The standard InChI is InChI=1S/C24H21NO2/c1-18-10-8-9-15-21(18)23-24(20-13-6-3-7-14-20)27-22(17-26)25(23)16-19-11-4-2-5-12-19/h2-15,17,22H,16H2,1H3. The predicted octanol–water partition coefficient (Wildman–Crippen LogP) is 4.88. The second-order valence-electron chi connectivity index (χ2n) is 6.62. The minimum Gasteiger partial charge on any atom is -0.461 e. The smallest absolute Gasteiger partial charge is 0.229 e. The fourth-order valence-electron chi connectivity index (χ4n) is 3.46. The van der Waals surface area contributed by atoms with Gasteiger partial charge in [0.15, 0.2) is 12.0 Å². The van der Waals surface area contributed by atoms with E-state index >= 15 is 0 Å². The lowest BCUT2D eigenvalue weighted by Gasteiger charge is -2.25. The molecule has 0 radical (unpaired) electrons. The first-order chi connectivity index (χ1) is 13.3. The van der Waals surface area contributed by atoms with Gasteiger partial charge in [-0.1, -0.05) is 84.9 Å². The first-order valence-corrected chi connectivity index (χ1v) is 9.06. The fraction of sp³-hybridized carbons (Fsp3) is 0.125. The zero-order chi connectivity index (χ0) is 18.6. The van der Waals surface area contributed by atoms with Crippen molar-refractivity contribution in [2.45, 2.75) is 19.7 Å². The Bertz CT molecular complexity index is 964. The zero-order valence-electron chi connectivity index (χ0n) is 15.2. The number of ether oxygens (including phenoxy) is 1. The summed E-state index contributed by atoms with van der Waals surface area (Å²) < 4.78 is 6.14. The van der Waals surface area contributed by atoms with Crippen molar-refractivity contribution in [1.82, 2.24) is 4.90 Å². The van der Waals surface area contributed by atoms with Crippen LogP contribution in [0.15, 0.2) is 84.9 Å². The molecule has 0 fully saturated rings. The largest absolute Gasteiger partial charge is 0.461 e. The maximum absolute atomic E-state index is 11.9. The van der Waals surface area contributed by atoms with Crippen molar-refractivity contribution in [1.29, 1.82) is 0 Å². The molecular weight excluding hydrogens is 334 g/mol. The molecule has 3 nitrogen and oxygen atoms in total. The molecule has 0 saturated heterocycles. The van der Waals surface area contributed by atoms with Gasteiger partial charge < -0.3 is 9.64 Å². The van der Waals surface area contributed by atoms with Gasteiger partial charge in [0, 0.05) is 17.7 Å². The van der Waals surface area contributed by atoms with Gasteiger partial charge in [-0.2, -0.15) is 0 Å². The van der Waals surface area contributed by atoms with Gasteiger partial charge in [0.05, 0.1) is 5.70 Å². The third-order valence-corrected chi connectivity index (χ3v) is 4.80. The first-order valence-electron chi connectivity index (χ1n) is 9.06. The van der Waals surface area contributed by atoms with Gasteiger partial charge in [0.2, 0.25) is 6.23 Å². The second-order valence-corrected chi connectivity index (χ2v) is 6.62. The van der Waals surface area contributed by atoms with Crippen LogP contribution in [0.2, 0.25) is 0 Å². The molecule has 0 spiro atoms. The Kier molecular flexibility index (Phi) is 4.75. The average molecular weight is 355 g/mol. The van der Waals surface area contributed by atoms with E-state index in [0.717, 1.165) is 40.0 Å². The van der Waals surface area contributed by atoms with Crippen molar-refractivity contribution in [3.63, 3.8) is 0 Å². The van der Waals surface area contributed by atoms with Crippen LogP contribution in [0.3, 0.4) is 0 Å². The molecule has 3 aromatic carbocycles. The Labute approximate surface area is 159 Å². The second kappa shape index (κ2) is 7.50. The normalized spacial score (nSPS) is 16.3. The minimum absolute atomic E-state index is 0.601. The number of carbonyl (C=O) groups is 1. The van der Waals surface area contributed by atoms with Crippen LogP contribution in [-0.2, 0) is 16.1 Å². The number of aryl methyl sites for hydroxylation is 1. The highest BCUT2D eigenvalue weighted by Crippen LogP contribution is 2.40. The number of rotatable bonds is 5. The number of benzene rings is 3. The molecule has 0 N–H and O–H groups in total. The van der Waals surface area contributed by atoms with E-state index in [0.29, 0.717) is 6.54 Å². The Balaban J connectivity index is 1.87. The molecule has 134 valence electrons. The highest BCUT2D eigenvalue weighted by molar-refractivity contribution is 5.91. The van der Waals surface area contributed by atoms with Gasteiger partial charge in [0.25, 0.3) is 0 Å². The van der Waals surface area contributed by atoms with E-state index < -0.39 is 6.23 Å². The highest BCUT2D eigenvalue weighted by atomic mass is 16.5. The maximum Gasteiger partial charge on any atom is 0.229 e. The Morgan fingerprint density at radius 2 is 1.52 bits per heavy atom. The van der Waals surface area contributed by atoms with E-state index in [1.165, 1.54) is 0 Å². The van der Waals surface area contributed by atoms with Crippen molar-refractivity contribution in [2.75, 3.05) is 0 Å². The summed E-state index contributed by atoms with van der Waals surface area (Å²) in [6.45, 7) is 2.68. The van der Waals surface area contributed by atoms with Crippen molar-refractivity contribution >= 4 is 17.7 Å². The molecule has 27 heavy (non-hydrogen) atoms. The van der Waals surface area contributed by atoms with Gasteiger partial charge in [-0.3, -0.25) is 4.79 Å². The van der Waals surface area contributed by atoms with E-state index in [1.807, 2.05) is 65.6 Å². The summed E-state index contributed by atoms with van der Waals surface area (Å²) in [5, 5.41) is 0. The lowest BCUT2D eigenvalue weighted by Crippen LogP contribution is -2.31.